The Hall–Kier alpha value is -0.290. The first-order valence-electron chi connectivity index (χ1n) is 6.21. The highest BCUT2D eigenvalue weighted by molar-refractivity contribution is 9.10. The second kappa shape index (κ2) is 7.34. The molecule has 1 aromatic rings. The molecule has 3 nitrogen and oxygen atoms in total. The maximum atomic E-state index is 4.57. The van der Waals surface area contributed by atoms with Gasteiger partial charge in [0.25, 0.3) is 0 Å². The molecule has 0 saturated heterocycles. The van der Waals surface area contributed by atoms with E-state index in [4.69, 9.17) is 0 Å². The van der Waals surface area contributed by atoms with Gasteiger partial charge >= 0.3 is 0 Å². The standard InChI is InChI=1S/C13H22BrN3S/c1-13(2,3)12-16-10(14)9-11(17-12)15-7-5-6-8-18-4/h9H,5-8H2,1-4H3,(H,15,16,17). The average molecular weight is 332 g/mol. The SMILES string of the molecule is CSCCCCNc1cc(Br)nc(C(C)(C)C)n1. The number of nitrogens with one attached hydrogen (secondary N) is 1. The lowest BCUT2D eigenvalue weighted by atomic mass is 9.96. The van der Waals surface area contributed by atoms with Gasteiger partial charge in [0.15, 0.2) is 0 Å². The van der Waals surface area contributed by atoms with Crippen LogP contribution in [0.3, 0.4) is 0 Å². The van der Waals surface area contributed by atoms with Gasteiger partial charge < -0.3 is 5.32 Å². The van der Waals surface area contributed by atoms with Crippen LogP contribution < -0.4 is 5.32 Å². The molecule has 18 heavy (non-hydrogen) atoms. The lowest BCUT2D eigenvalue weighted by Crippen LogP contribution is -2.17. The molecule has 0 spiro atoms. The Kier molecular flexibility index (Phi) is 6.43. The minimum Gasteiger partial charge on any atom is -0.370 e. The van der Waals surface area contributed by atoms with Crippen molar-refractivity contribution < 1.29 is 0 Å². The van der Waals surface area contributed by atoms with Gasteiger partial charge in [-0.1, -0.05) is 20.8 Å². The monoisotopic (exact) mass is 331 g/mol. The topological polar surface area (TPSA) is 37.8 Å². The summed E-state index contributed by atoms with van der Waals surface area (Å²) in [6.07, 6.45) is 4.56. The molecule has 1 rings (SSSR count). The highest BCUT2D eigenvalue weighted by Crippen LogP contribution is 2.22. The molecular formula is C13H22BrN3S. The minimum absolute atomic E-state index is 0.0287. The zero-order valence-corrected chi connectivity index (χ0v) is 14.0. The van der Waals surface area contributed by atoms with Gasteiger partial charge in [-0.15, -0.1) is 0 Å². The van der Waals surface area contributed by atoms with Crippen molar-refractivity contribution in [3.05, 3.63) is 16.5 Å². The van der Waals surface area contributed by atoms with Crippen LogP contribution in [0.2, 0.25) is 0 Å². The van der Waals surface area contributed by atoms with E-state index in [1.807, 2.05) is 17.8 Å². The Balaban J connectivity index is 2.58. The van der Waals surface area contributed by atoms with Gasteiger partial charge in [0.2, 0.25) is 0 Å². The zero-order chi connectivity index (χ0) is 13.6. The average Bonchev–Trinajstić information content (AvgIpc) is 2.27. The summed E-state index contributed by atoms with van der Waals surface area (Å²) in [7, 11) is 0. The van der Waals surface area contributed by atoms with Crippen LogP contribution in [0.25, 0.3) is 0 Å². The highest BCUT2D eigenvalue weighted by Gasteiger charge is 2.18. The van der Waals surface area contributed by atoms with Gasteiger partial charge in [-0.05, 0) is 40.8 Å². The summed E-state index contributed by atoms with van der Waals surface area (Å²) >= 11 is 5.34. The first-order chi connectivity index (χ1) is 8.43. The fourth-order valence-corrected chi connectivity index (χ4v) is 2.31. The summed E-state index contributed by atoms with van der Waals surface area (Å²) in [6.45, 7) is 7.33. The third-order valence-corrected chi connectivity index (χ3v) is 3.55. The van der Waals surface area contributed by atoms with E-state index in [-0.39, 0.29) is 5.41 Å². The van der Waals surface area contributed by atoms with Crippen LogP contribution in [0, 0.1) is 0 Å². The quantitative estimate of drug-likeness (QED) is 0.629. The van der Waals surface area contributed by atoms with Crippen LogP contribution in [0.1, 0.15) is 39.4 Å². The number of thioether (sulfide) groups is 1. The van der Waals surface area contributed by atoms with E-state index in [9.17, 15) is 0 Å². The van der Waals surface area contributed by atoms with Crippen molar-refractivity contribution in [2.24, 2.45) is 0 Å². The summed E-state index contributed by atoms with van der Waals surface area (Å²) in [4.78, 5) is 8.99. The van der Waals surface area contributed by atoms with Crippen molar-refractivity contribution in [1.82, 2.24) is 9.97 Å². The van der Waals surface area contributed by atoms with Gasteiger partial charge in [0, 0.05) is 18.0 Å². The Morgan fingerprint density at radius 1 is 1.28 bits per heavy atom. The number of rotatable bonds is 6. The second-order valence-corrected chi connectivity index (χ2v) is 7.07. The summed E-state index contributed by atoms with van der Waals surface area (Å²) in [5.74, 6) is 3.00. The molecule has 0 amide bonds. The molecule has 0 bridgehead atoms. The molecule has 0 aliphatic rings. The predicted molar refractivity (Wildman–Crippen MR) is 84.5 cm³/mol. The smallest absolute Gasteiger partial charge is 0.137 e. The molecule has 0 atom stereocenters. The molecule has 1 heterocycles. The van der Waals surface area contributed by atoms with E-state index in [1.165, 1.54) is 18.6 Å². The summed E-state index contributed by atoms with van der Waals surface area (Å²) in [5.41, 5.74) is -0.0287. The molecule has 1 aromatic heterocycles. The third kappa shape index (κ3) is 5.57. The molecule has 0 unspecified atom stereocenters. The largest absolute Gasteiger partial charge is 0.370 e. The van der Waals surface area contributed by atoms with Crippen molar-refractivity contribution >= 4 is 33.5 Å². The number of anilines is 1. The molecule has 0 fully saturated rings. The lowest BCUT2D eigenvalue weighted by molar-refractivity contribution is 0.544. The lowest BCUT2D eigenvalue weighted by Gasteiger charge is -2.17. The molecule has 1 N–H and O–H groups in total. The normalized spacial score (nSPS) is 11.6. The predicted octanol–water partition coefficient (Wildman–Crippen LogP) is 4.09. The molecule has 0 radical (unpaired) electrons. The zero-order valence-electron chi connectivity index (χ0n) is 11.6. The second-order valence-electron chi connectivity index (χ2n) is 5.28. The minimum atomic E-state index is -0.0287. The summed E-state index contributed by atoms with van der Waals surface area (Å²) in [6, 6.07) is 1.93. The van der Waals surface area contributed by atoms with Crippen molar-refractivity contribution in [3.63, 3.8) is 0 Å². The van der Waals surface area contributed by atoms with E-state index in [2.05, 4.69) is 58.2 Å². The Morgan fingerprint density at radius 2 is 2.00 bits per heavy atom. The Labute approximate surface area is 123 Å². The van der Waals surface area contributed by atoms with Gasteiger partial charge in [0.05, 0.1) is 0 Å². The van der Waals surface area contributed by atoms with Crippen molar-refractivity contribution in [3.8, 4) is 0 Å². The summed E-state index contributed by atoms with van der Waals surface area (Å²) < 4.78 is 0.842. The van der Waals surface area contributed by atoms with Crippen molar-refractivity contribution in [1.29, 1.82) is 0 Å². The molecule has 5 heteroatoms. The third-order valence-electron chi connectivity index (χ3n) is 2.45. The van der Waals surface area contributed by atoms with E-state index in [1.54, 1.807) is 0 Å². The summed E-state index contributed by atoms with van der Waals surface area (Å²) in [5, 5.41) is 3.37. The van der Waals surface area contributed by atoms with Crippen LogP contribution >= 0.6 is 27.7 Å². The van der Waals surface area contributed by atoms with E-state index < -0.39 is 0 Å². The van der Waals surface area contributed by atoms with E-state index in [0.717, 1.165) is 22.8 Å². The first kappa shape index (κ1) is 15.8. The molecule has 0 aliphatic carbocycles. The highest BCUT2D eigenvalue weighted by atomic mass is 79.9. The molecule has 0 saturated carbocycles. The van der Waals surface area contributed by atoms with Crippen molar-refractivity contribution in [2.75, 3.05) is 23.9 Å². The number of aromatic nitrogens is 2. The molecule has 0 aliphatic heterocycles. The maximum Gasteiger partial charge on any atom is 0.137 e. The first-order valence-corrected chi connectivity index (χ1v) is 8.40. The number of hydrogen-bond donors (Lipinski definition) is 1. The Bertz CT molecular complexity index is 377. The number of nitrogens with zero attached hydrogens (tertiary/aromatic N) is 2. The van der Waals surface area contributed by atoms with Crippen LogP contribution in [0.5, 0.6) is 0 Å². The maximum absolute atomic E-state index is 4.57. The fourth-order valence-electron chi connectivity index (χ4n) is 1.43. The van der Waals surface area contributed by atoms with Crippen LogP contribution in [0.15, 0.2) is 10.7 Å². The molecular weight excluding hydrogens is 310 g/mol. The van der Waals surface area contributed by atoms with E-state index in [0.29, 0.717) is 0 Å². The van der Waals surface area contributed by atoms with Gasteiger partial charge in [-0.3, -0.25) is 0 Å². The number of halogens is 1. The fraction of sp³-hybridized carbons (Fsp3) is 0.692. The van der Waals surface area contributed by atoms with Gasteiger partial charge in [0.1, 0.15) is 16.2 Å². The molecule has 102 valence electrons. The van der Waals surface area contributed by atoms with E-state index >= 15 is 0 Å². The van der Waals surface area contributed by atoms with Crippen LogP contribution in [0.4, 0.5) is 5.82 Å². The Morgan fingerprint density at radius 3 is 2.61 bits per heavy atom. The van der Waals surface area contributed by atoms with Crippen molar-refractivity contribution in [2.45, 2.75) is 39.0 Å². The van der Waals surface area contributed by atoms with Crippen LogP contribution in [-0.4, -0.2) is 28.5 Å². The van der Waals surface area contributed by atoms with Gasteiger partial charge in [-0.2, -0.15) is 11.8 Å². The number of hydrogen-bond acceptors (Lipinski definition) is 4. The molecule has 0 aromatic carbocycles. The van der Waals surface area contributed by atoms with Crippen LogP contribution in [-0.2, 0) is 5.41 Å². The number of unbranched alkanes of at least 4 members (excludes halogenated alkanes) is 1. The van der Waals surface area contributed by atoms with Gasteiger partial charge in [-0.25, -0.2) is 9.97 Å².